The van der Waals surface area contributed by atoms with Crippen LogP contribution in [0.25, 0.3) is 0 Å². The first kappa shape index (κ1) is 14.1. The lowest BCUT2D eigenvalue weighted by Crippen LogP contribution is -2.15. The number of Topliss-reactive ketones (excluding diaryl/α,β-unsaturated/α-hetero) is 1. The van der Waals surface area contributed by atoms with Gasteiger partial charge < -0.3 is 16.8 Å². The molecule has 2 aromatic rings. The van der Waals surface area contributed by atoms with Crippen molar-refractivity contribution in [3.8, 4) is 0 Å². The highest BCUT2D eigenvalue weighted by molar-refractivity contribution is 7.19. The van der Waals surface area contributed by atoms with Gasteiger partial charge in [0.2, 0.25) is 0 Å². The summed E-state index contributed by atoms with van der Waals surface area (Å²) in [5.74, 6) is -0.843. The van der Waals surface area contributed by atoms with Gasteiger partial charge in [-0.05, 0) is 0 Å². The maximum absolute atomic E-state index is 11.5. The molecule has 5 N–H and O–H groups in total. The fraction of sp³-hybridized carbons (Fsp3) is 0.250. The number of aryl methyl sites for hydroxylation is 1. The van der Waals surface area contributed by atoms with Gasteiger partial charge in [0.15, 0.2) is 5.78 Å². The van der Waals surface area contributed by atoms with Crippen molar-refractivity contribution in [1.82, 2.24) is 9.78 Å². The van der Waals surface area contributed by atoms with Crippen LogP contribution in [0.4, 0.5) is 10.7 Å². The standard InChI is InChI=1S/C12H15N5O2S/c1-6(18)10-9(13)8(11(14)19)12(20-10)15-3-7-4-16-17(2)5-7/h4-5,15H,3,13H2,1-2H3,(H2,14,19). The molecule has 0 atom stereocenters. The maximum Gasteiger partial charge on any atom is 0.253 e. The lowest BCUT2D eigenvalue weighted by Gasteiger charge is -2.04. The Morgan fingerprint density at radius 2 is 2.20 bits per heavy atom. The Kier molecular flexibility index (Phi) is 3.75. The number of nitrogen functional groups attached to an aromatic ring is 1. The molecule has 0 aromatic carbocycles. The zero-order valence-corrected chi connectivity index (χ0v) is 12.0. The highest BCUT2D eigenvalue weighted by atomic mass is 32.1. The molecule has 8 heteroatoms. The largest absolute Gasteiger partial charge is 0.397 e. The number of carbonyl (C=O) groups excluding carboxylic acids is 2. The Balaban J connectivity index is 2.28. The van der Waals surface area contributed by atoms with Crippen LogP contribution < -0.4 is 16.8 Å². The molecule has 0 radical (unpaired) electrons. The Morgan fingerprint density at radius 1 is 1.50 bits per heavy atom. The number of carbonyl (C=O) groups is 2. The normalized spacial score (nSPS) is 10.5. The number of primary amides is 1. The summed E-state index contributed by atoms with van der Waals surface area (Å²) in [7, 11) is 1.81. The second-order valence-corrected chi connectivity index (χ2v) is 5.37. The van der Waals surface area contributed by atoms with Crippen LogP contribution in [0.5, 0.6) is 0 Å². The van der Waals surface area contributed by atoms with Gasteiger partial charge in [0, 0.05) is 32.3 Å². The number of nitrogens with two attached hydrogens (primary N) is 2. The van der Waals surface area contributed by atoms with Crippen molar-refractivity contribution >= 4 is 33.7 Å². The highest BCUT2D eigenvalue weighted by Gasteiger charge is 2.22. The van der Waals surface area contributed by atoms with Crippen LogP contribution in [-0.2, 0) is 13.6 Å². The molecule has 20 heavy (non-hydrogen) atoms. The molecule has 2 heterocycles. The molecule has 2 rings (SSSR count). The first-order chi connectivity index (χ1) is 9.40. The van der Waals surface area contributed by atoms with Crippen molar-refractivity contribution in [1.29, 1.82) is 0 Å². The van der Waals surface area contributed by atoms with Crippen molar-refractivity contribution in [2.45, 2.75) is 13.5 Å². The Bertz CT molecular complexity index is 673. The fourth-order valence-corrected chi connectivity index (χ4v) is 2.84. The maximum atomic E-state index is 11.5. The van der Waals surface area contributed by atoms with Gasteiger partial charge in [-0.1, -0.05) is 0 Å². The minimum atomic E-state index is -0.653. The van der Waals surface area contributed by atoms with Crippen LogP contribution in [-0.4, -0.2) is 21.5 Å². The van der Waals surface area contributed by atoms with Crippen LogP contribution in [0.3, 0.4) is 0 Å². The summed E-state index contributed by atoms with van der Waals surface area (Å²) in [5.41, 5.74) is 12.4. The highest BCUT2D eigenvalue weighted by Crippen LogP contribution is 2.35. The number of nitrogens with one attached hydrogen (secondary N) is 1. The van der Waals surface area contributed by atoms with E-state index in [0.717, 1.165) is 16.9 Å². The number of aromatic nitrogens is 2. The van der Waals surface area contributed by atoms with Crippen LogP contribution in [0.15, 0.2) is 12.4 Å². The predicted molar refractivity (Wildman–Crippen MR) is 77.8 cm³/mol. The molecular formula is C12H15N5O2S. The molecule has 0 aliphatic heterocycles. The molecule has 0 saturated heterocycles. The van der Waals surface area contributed by atoms with Gasteiger partial charge in [-0.25, -0.2) is 0 Å². The van der Waals surface area contributed by atoms with E-state index in [1.807, 2.05) is 13.2 Å². The van der Waals surface area contributed by atoms with Crippen molar-refractivity contribution in [2.75, 3.05) is 11.1 Å². The van der Waals surface area contributed by atoms with Crippen molar-refractivity contribution in [2.24, 2.45) is 12.8 Å². The summed E-state index contributed by atoms with van der Waals surface area (Å²) in [6.45, 7) is 1.86. The number of amides is 1. The zero-order chi connectivity index (χ0) is 14.9. The number of rotatable bonds is 5. The number of nitrogens with zero attached hydrogens (tertiary/aromatic N) is 2. The minimum absolute atomic E-state index is 0.142. The molecule has 0 fully saturated rings. The van der Waals surface area contributed by atoms with Gasteiger partial charge in [-0.3, -0.25) is 14.3 Å². The summed E-state index contributed by atoms with van der Waals surface area (Å²) in [6, 6.07) is 0. The van der Waals surface area contributed by atoms with Crippen LogP contribution in [0.2, 0.25) is 0 Å². The van der Waals surface area contributed by atoms with Crippen molar-refractivity contribution in [3.63, 3.8) is 0 Å². The van der Waals surface area contributed by atoms with Crippen LogP contribution in [0, 0.1) is 0 Å². The average Bonchev–Trinajstić information content (AvgIpc) is 2.90. The number of anilines is 2. The third-order valence-electron chi connectivity index (χ3n) is 2.72. The van der Waals surface area contributed by atoms with E-state index in [2.05, 4.69) is 10.4 Å². The summed E-state index contributed by atoms with van der Waals surface area (Å²) >= 11 is 1.13. The van der Waals surface area contributed by atoms with E-state index in [9.17, 15) is 9.59 Å². The molecule has 0 aliphatic rings. The molecule has 0 unspecified atom stereocenters. The number of hydrogen-bond donors (Lipinski definition) is 3. The summed E-state index contributed by atoms with van der Waals surface area (Å²) in [6.07, 6.45) is 3.56. The van der Waals surface area contributed by atoms with Gasteiger partial charge in [0.05, 0.1) is 22.3 Å². The SMILES string of the molecule is CC(=O)c1sc(NCc2cnn(C)c2)c(C(N)=O)c1N. The van der Waals surface area contributed by atoms with Gasteiger partial charge in [0.1, 0.15) is 5.00 Å². The zero-order valence-electron chi connectivity index (χ0n) is 11.1. The van der Waals surface area contributed by atoms with Crippen LogP contribution in [0.1, 0.15) is 32.5 Å². The number of hydrogen-bond acceptors (Lipinski definition) is 6. The predicted octanol–water partition coefficient (Wildman–Crippen LogP) is 0.977. The third kappa shape index (κ3) is 2.64. The summed E-state index contributed by atoms with van der Waals surface area (Å²) in [5, 5.41) is 7.62. The molecule has 106 valence electrons. The number of ketones is 1. The molecule has 1 amide bonds. The number of thiophene rings is 1. The first-order valence-corrected chi connectivity index (χ1v) is 6.66. The lowest BCUT2D eigenvalue weighted by molar-refractivity contribution is 0.100. The van der Waals surface area contributed by atoms with E-state index >= 15 is 0 Å². The van der Waals surface area contributed by atoms with Crippen molar-refractivity contribution in [3.05, 3.63) is 28.4 Å². The van der Waals surface area contributed by atoms with E-state index in [1.165, 1.54) is 6.92 Å². The van der Waals surface area contributed by atoms with Gasteiger partial charge in [-0.15, -0.1) is 11.3 Å². The minimum Gasteiger partial charge on any atom is -0.397 e. The molecule has 0 bridgehead atoms. The Hall–Kier alpha value is -2.35. The van der Waals surface area contributed by atoms with E-state index in [-0.39, 0.29) is 17.0 Å². The molecule has 0 spiro atoms. The summed E-state index contributed by atoms with van der Waals surface area (Å²) < 4.78 is 1.68. The van der Waals surface area contributed by atoms with Gasteiger partial charge >= 0.3 is 0 Å². The van der Waals surface area contributed by atoms with E-state index in [4.69, 9.17) is 11.5 Å². The van der Waals surface area contributed by atoms with Crippen LogP contribution >= 0.6 is 11.3 Å². The smallest absolute Gasteiger partial charge is 0.253 e. The Labute approximate surface area is 119 Å². The molecule has 0 saturated carbocycles. The summed E-state index contributed by atoms with van der Waals surface area (Å²) in [4.78, 5) is 23.3. The Morgan fingerprint density at radius 3 is 2.70 bits per heavy atom. The molecule has 7 nitrogen and oxygen atoms in total. The topological polar surface area (TPSA) is 116 Å². The second kappa shape index (κ2) is 5.33. The van der Waals surface area contributed by atoms with Crippen molar-refractivity contribution < 1.29 is 9.59 Å². The molecule has 2 aromatic heterocycles. The molecule has 0 aliphatic carbocycles. The second-order valence-electron chi connectivity index (χ2n) is 4.35. The monoisotopic (exact) mass is 293 g/mol. The van der Waals surface area contributed by atoms with E-state index in [0.29, 0.717) is 16.4 Å². The third-order valence-corrected chi connectivity index (χ3v) is 3.99. The molecular weight excluding hydrogens is 278 g/mol. The quantitative estimate of drug-likeness (QED) is 0.710. The van der Waals surface area contributed by atoms with E-state index < -0.39 is 5.91 Å². The lowest BCUT2D eigenvalue weighted by atomic mass is 10.2. The van der Waals surface area contributed by atoms with Gasteiger partial charge in [0.25, 0.3) is 5.91 Å². The van der Waals surface area contributed by atoms with E-state index in [1.54, 1.807) is 10.9 Å². The van der Waals surface area contributed by atoms with Gasteiger partial charge in [-0.2, -0.15) is 5.10 Å². The average molecular weight is 293 g/mol. The fourth-order valence-electron chi connectivity index (χ4n) is 1.82. The first-order valence-electron chi connectivity index (χ1n) is 5.84.